The molecule has 1 unspecified atom stereocenters. The Morgan fingerprint density at radius 1 is 0.852 bits per heavy atom. The molecule has 0 N–H and O–H groups in total. The molecule has 1 aliphatic rings. The Morgan fingerprint density at radius 2 is 1.56 bits per heavy atom. The van der Waals surface area contributed by atoms with Crippen LogP contribution >= 0.6 is 0 Å². The highest BCUT2D eigenvalue weighted by Gasteiger charge is 2.12. The molecule has 1 atom stereocenters. The third kappa shape index (κ3) is 5.86. The summed E-state index contributed by atoms with van der Waals surface area (Å²) in [7, 11) is 0. The Morgan fingerprint density at radius 3 is 2.15 bits per heavy atom. The largest absolute Gasteiger partial charge is 0.0726 e. The van der Waals surface area contributed by atoms with Gasteiger partial charge in [-0.1, -0.05) is 93.8 Å². The van der Waals surface area contributed by atoms with E-state index < -0.39 is 0 Å². The molecule has 0 aromatic heterocycles. The molecule has 0 aliphatic heterocycles. The zero-order chi connectivity index (χ0) is 18.9. The average molecular weight is 357 g/mol. The topological polar surface area (TPSA) is 0 Å². The van der Waals surface area contributed by atoms with Crippen molar-refractivity contribution in [3.05, 3.63) is 71.3 Å². The summed E-state index contributed by atoms with van der Waals surface area (Å²) in [6.07, 6.45) is 12.5. The SMILES string of the molecule is CCCCC1CC=C(C#Cc2ccc(-c3ccc(CCC)cc3)cc2)CC1. The summed E-state index contributed by atoms with van der Waals surface area (Å²) < 4.78 is 0. The van der Waals surface area contributed by atoms with Gasteiger partial charge in [-0.05, 0) is 66.0 Å². The van der Waals surface area contributed by atoms with Crippen LogP contribution in [0.2, 0.25) is 0 Å². The molecule has 3 rings (SSSR count). The molecule has 0 spiro atoms. The number of aryl methyl sites for hydroxylation is 1. The highest BCUT2D eigenvalue weighted by atomic mass is 14.2. The van der Waals surface area contributed by atoms with E-state index in [9.17, 15) is 0 Å². The first kappa shape index (κ1) is 19.5. The maximum atomic E-state index is 3.41. The van der Waals surface area contributed by atoms with E-state index in [2.05, 4.69) is 80.3 Å². The van der Waals surface area contributed by atoms with Crippen molar-refractivity contribution in [3.63, 3.8) is 0 Å². The molecule has 1 aliphatic carbocycles. The first-order valence-corrected chi connectivity index (χ1v) is 10.7. The average Bonchev–Trinajstić information content (AvgIpc) is 2.73. The van der Waals surface area contributed by atoms with Gasteiger partial charge in [0.05, 0.1) is 0 Å². The summed E-state index contributed by atoms with van der Waals surface area (Å²) in [4.78, 5) is 0. The molecule has 0 saturated heterocycles. The lowest BCUT2D eigenvalue weighted by Gasteiger charge is -2.19. The second kappa shape index (κ2) is 10.2. The lowest BCUT2D eigenvalue weighted by molar-refractivity contribution is 0.425. The van der Waals surface area contributed by atoms with Crippen molar-refractivity contribution in [1.29, 1.82) is 0 Å². The van der Waals surface area contributed by atoms with Crippen molar-refractivity contribution in [2.45, 2.75) is 65.2 Å². The number of benzene rings is 2. The smallest absolute Gasteiger partial charge is 0.0249 e. The molecular weight excluding hydrogens is 324 g/mol. The van der Waals surface area contributed by atoms with Crippen LogP contribution < -0.4 is 0 Å². The predicted molar refractivity (Wildman–Crippen MR) is 118 cm³/mol. The summed E-state index contributed by atoms with van der Waals surface area (Å²) in [6.45, 7) is 4.50. The Bertz CT molecular complexity index is 794. The zero-order valence-electron chi connectivity index (χ0n) is 16.9. The molecule has 0 radical (unpaired) electrons. The van der Waals surface area contributed by atoms with Gasteiger partial charge in [0, 0.05) is 5.56 Å². The first-order valence-electron chi connectivity index (χ1n) is 10.7. The van der Waals surface area contributed by atoms with Crippen LogP contribution in [0.15, 0.2) is 60.2 Å². The fourth-order valence-corrected chi connectivity index (χ4v) is 3.81. The number of rotatable bonds is 6. The molecule has 0 heteroatoms. The third-order valence-corrected chi connectivity index (χ3v) is 5.56. The highest BCUT2D eigenvalue weighted by molar-refractivity contribution is 5.64. The Labute approximate surface area is 165 Å². The van der Waals surface area contributed by atoms with Gasteiger partial charge >= 0.3 is 0 Å². The number of unbranched alkanes of at least 4 members (excludes halogenated alkanes) is 1. The molecule has 140 valence electrons. The van der Waals surface area contributed by atoms with E-state index in [1.165, 1.54) is 60.8 Å². The van der Waals surface area contributed by atoms with Crippen molar-refractivity contribution in [1.82, 2.24) is 0 Å². The molecule has 0 bridgehead atoms. The first-order chi connectivity index (χ1) is 13.3. The standard InChI is InChI=1S/C27H32/c1-3-5-7-23-8-10-24(11-9-23)12-13-25-16-20-27(21-17-25)26-18-14-22(6-4-2)15-19-26/h10,14-21,23H,3-9,11H2,1-2H3. The molecule has 2 aromatic rings. The van der Waals surface area contributed by atoms with Gasteiger partial charge < -0.3 is 0 Å². The van der Waals surface area contributed by atoms with Crippen LogP contribution in [0.5, 0.6) is 0 Å². The molecule has 2 aromatic carbocycles. The molecule has 0 nitrogen and oxygen atoms in total. The molecular formula is C27H32. The van der Waals surface area contributed by atoms with Gasteiger partial charge in [0.1, 0.15) is 0 Å². The highest BCUT2D eigenvalue weighted by Crippen LogP contribution is 2.27. The van der Waals surface area contributed by atoms with E-state index in [4.69, 9.17) is 0 Å². The van der Waals surface area contributed by atoms with Crippen molar-refractivity contribution in [3.8, 4) is 23.0 Å². The Kier molecular flexibility index (Phi) is 7.35. The summed E-state index contributed by atoms with van der Waals surface area (Å²) in [5.74, 6) is 7.65. The quantitative estimate of drug-likeness (QED) is 0.468. The molecule has 0 saturated carbocycles. The summed E-state index contributed by atoms with van der Waals surface area (Å²) in [5, 5.41) is 0. The fourth-order valence-electron chi connectivity index (χ4n) is 3.81. The summed E-state index contributed by atoms with van der Waals surface area (Å²) >= 11 is 0. The van der Waals surface area contributed by atoms with Crippen LogP contribution in [-0.4, -0.2) is 0 Å². The van der Waals surface area contributed by atoms with E-state index in [0.717, 1.165) is 24.3 Å². The second-order valence-electron chi connectivity index (χ2n) is 7.79. The van der Waals surface area contributed by atoms with Crippen molar-refractivity contribution in [2.75, 3.05) is 0 Å². The maximum Gasteiger partial charge on any atom is 0.0249 e. The molecule has 27 heavy (non-hydrogen) atoms. The zero-order valence-corrected chi connectivity index (χ0v) is 16.9. The van der Waals surface area contributed by atoms with E-state index >= 15 is 0 Å². The molecule has 0 amide bonds. The summed E-state index contributed by atoms with van der Waals surface area (Å²) in [5.41, 5.74) is 6.40. The lowest BCUT2D eigenvalue weighted by atomic mass is 9.86. The predicted octanol–water partition coefficient (Wildman–Crippen LogP) is 7.57. The monoisotopic (exact) mass is 356 g/mol. The number of hydrogen-bond acceptors (Lipinski definition) is 0. The van der Waals surface area contributed by atoms with Crippen LogP contribution in [0, 0.1) is 17.8 Å². The van der Waals surface area contributed by atoms with Crippen LogP contribution in [0.4, 0.5) is 0 Å². The van der Waals surface area contributed by atoms with Gasteiger partial charge in [-0.2, -0.15) is 0 Å². The van der Waals surface area contributed by atoms with Crippen molar-refractivity contribution < 1.29 is 0 Å². The van der Waals surface area contributed by atoms with E-state index in [-0.39, 0.29) is 0 Å². The fraction of sp³-hybridized carbons (Fsp3) is 0.407. The lowest BCUT2D eigenvalue weighted by Crippen LogP contribution is -2.05. The van der Waals surface area contributed by atoms with Gasteiger partial charge in [-0.15, -0.1) is 0 Å². The van der Waals surface area contributed by atoms with Gasteiger partial charge in [-0.25, -0.2) is 0 Å². The van der Waals surface area contributed by atoms with E-state index in [1.54, 1.807) is 0 Å². The van der Waals surface area contributed by atoms with Gasteiger partial charge in [-0.3, -0.25) is 0 Å². The van der Waals surface area contributed by atoms with Crippen LogP contribution in [0.25, 0.3) is 11.1 Å². The Hall–Kier alpha value is -2.26. The maximum absolute atomic E-state index is 3.41. The minimum absolute atomic E-state index is 0.887. The van der Waals surface area contributed by atoms with Crippen LogP contribution in [0.3, 0.4) is 0 Å². The van der Waals surface area contributed by atoms with Crippen LogP contribution in [-0.2, 0) is 6.42 Å². The third-order valence-electron chi connectivity index (χ3n) is 5.56. The van der Waals surface area contributed by atoms with Gasteiger partial charge in [0.25, 0.3) is 0 Å². The van der Waals surface area contributed by atoms with E-state index in [0.29, 0.717) is 0 Å². The van der Waals surface area contributed by atoms with Crippen molar-refractivity contribution in [2.24, 2.45) is 5.92 Å². The molecule has 0 heterocycles. The van der Waals surface area contributed by atoms with Crippen molar-refractivity contribution >= 4 is 0 Å². The minimum atomic E-state index is 0.887. The minimum Gasteiger partial charge on any atom is -0.0726 e. The normalized spacial score (nSPS) is 16.4. The van der Waals surface area contributed by atoms with E-state index in [1.807, 2.05) is 0 Å². The van der Waals surface area contributed by atoms with Crippen LogP contribution in [0.1, 0.15) is 69.9 Å². The number of allylic oxidation sites excluding steroid dienone is 2. The van der Waals surface area contributed by atoms with Gasteiger partial charge in [0.2, 0.25) is 0 Å². The van der Waals surface area contributed by atoms with Gasteiger partial charge in [0.15, 0.2) is 0 Å². The number of hydrogen-bond donors (Lipinski definition) is 0. The second-order valence-corrected chi connectivity index (χ2v) is 7.79. The Balaban J connectivity index is 1.60. The molecule has 0 fully saturated rings. The summed E-state index contributed by atoms with van der Waals surface area (Å²) in [6, 6.07) is 17.6.